The molecular formula is C15H33N7. The van der Waals surface area contributed by atoms with E-state index in [1.165, 1.54) is 0 Å². The maximum atomic E-state index is 6.00. The van der Waals surface area contributed by atoms with Gasteiger partial charge in [-0.3, -0.25) is 4.99 Å². The Morgan fingerprint density at radius 3 is 2.59 bits per heavy atom. The van der Waals surface area contributed by atoms with Gasteiger partial charge in [0.05, 0.1) is 18.6 Å². The second-order valence-corrected chi connectivity index (χ2v) is 6.13. The zero-order valence-electron chi connectivity index (χ0n) is 15.0. The summed E-state index contributed by atoms with van der Waals surface area (Å²) in [6, 6.07) is 2.90. The highest BCUT2D eigenvalue weighted by Gasteiger charge is 2.20. The molecule has 0 amide bonds. The van der Waals surface area contributed by atoms with Crippen molar-refractivity contribution in [3.63, 3.8) is 0 Å². The topological polar surface area (TPSA) is 90.4 Å². The number of hydrogen-bond donors (Lipinski definition) is 3. The van der Waals surface area contributed by atoms with Crippen LogP contribution in [-0.4, -0.2) is 82.2 Å². The molecule has 0 heterocycles. The number of nitrogens with two attached hydrogens (primary N) is 1. The van der Waals surface area contributed by atoms with Crippen LogP contribution in [0.1, 0.15) is 20.8 Å². The molecule has 22 heavy (non-hydrogen) atoms. The van der Waals surface area contributed by atoms with Gasteiger partial charge in [-0.25, -0.2) is 9.98 Å². The Morgan fingerprint density at radius 1 is 1.32 bits per heavy atom. The first kappa shape index (κ1) is 20.7. The zero-order valence-corrected chi connectivity index (χ0v) is 15.0. The molecule has 0 aliphatic rings. The average Bonchev–Trinajstić information content (AvgIpc) is 2.43. The van der Waals surface area contributed by atoms with Crippen LogP contribution in [0.5, 0.6) is 0 Å². The molecule has 0 bridgehead atoms. The molecule has 0 aromatic heterocycles. The van der Waals surface area contributed by atoms with Gasteiger partial charge in [0.15, 0.2) is 0 Å². The van der Waals surface area contributed by atoms with E-state index >= 15 is 0 Å². The molecule has 1 unspecified atom stereocenters. The Morgan fingerprint density at radius 2 is 2.00 bits per heavy atom. The summed E-state index contributed by atoms with van der Waals surface area (Å²) >= 11 is 0. The normalized spacial score (nSPS) is 13.9. The fraction of sp³-hybridized carbons (Fsp3) is 0.867. The summed E-state index contributed by atoms with van der Waals surface area (Å²) in [5.41, 5.74) is 5.43. The molecule has 1 atom stereocenters. The number of rotatable bonds is 11. The molecule has 0 aromatic carbocycles. The smallest absolute Gasteiger partial charge is 0.122 e. The Labute approximate surface area is 135 Å². The lowest BCUT2D eigenvalue weighted by Gasteiger charge is -2.17. The van der Waals surface area contributed by atoms with Crippen LogP contribution in [0, 0.1) is 0 Å². The van der Waals surface area contributed by atoms with Gasteiger partial charge in [0, 0.05) is 26.2 Å². The highest BCUT2D eigenvalue weighted by atomic mass is 15.1. The van der Waals surface area contributed by atoms with Crippen LogP contribution in [0.4, 0.5) is 0 Å². The van der Waals surface area contributed by atoms with E-state index in [9.17, 15) is 0 Å². The highest BCUT2D eigenvalue weighted by Crippen LogP contribution is 2.07. The predicted molar refractivity (Wildman–Crippen MR) is 95.2 cm³/mol. The summed E-state index contributed by atoms with van der Waals surface area (Å²) < 4.78 is 0. The lowest BCUT2D eigenvalue weighted by molar-refractivity contribution is 0.420. The quantitative estimate of drug-likeness (QED) is 0.286. The zero-order chi connectivity index (χ0) is 17.0. The van der Waals surface area contributed by atoms with Crippen molar-refractivity contribution in [1.82, 2.24) is 15.5 Å². The summed E-state index contributed by atoms with van der Waals surface area (Å²) in [5, 5.41) is 6.39. The molecule has 0 radical (unpaired) electrons. The van der Waals surface area contributed by atoms with Crippen molar-refractivity contribution in [1.29, 1.82) is 0 Å². The van der Waals surface area contributed by atoms with Crippen molar-refractivity contribution >= 4 is 11.8 Å². The van der Waals surface area contributed by atoms with Crippen molar-refractivity contribution < 1.29 is 0 Å². The molecule has 0 rings (SSSR count). The predicted octanol–water partition coefficient (Wildman–Crippen LogP) is 0.0552. The van der Waals surface area contributed by atoms with E-state index in [0.717, 1.165) is 26.2 Å². The van der Waals surface area contributed by atoms with Crippen LogP contribution < -0.4 is 16.4 Å². The number of nitrogens with zero attached hydrogens (tertiary/aromatic N) is 4. The van der Waals surface area contributed by atoms with Crippen molar-refractivity contribution in [2.75, 3.05) is 53.9 Å². The van der Waals surface area contributed by atoms with Crippen LogP contribution in [0.2, 0.25) is 0 Å². The van der Waals surface area contributed by atoms with E-state index < -0.39 is 5.54 Å². The van der Waals surface area contributed by atoms with E-state index in [2.05, 4.69) is 36.5 Å². The van der Waals surface area contributed by atoms with E-state index in [4.69, 9.17) is 5.73 Å². The van der Waals surface area contributed by atoms with E-state index in [0.29, 0.717) is 12.4 Å². The van der Waals surface area contributed by atoms with Gasteiger partial charge in [-0.05, 0) is 41.9 Å². The fourth-order valence-corrected chi connectivity index (χ4v) is 1.44. The van der Waals surface area contributed by atoms with Gasteiger partial charge < -0.3 is 21.3 Å². The standard InChI is InChI=1S/C15H33N7/c1-13(11-18-8-7-17-4)20-12-21-15(2,3)14(16)19-9-10-22(5)6/h13,17-18H,7-11H2,1-6H3,(H2,16,19). The summed E-state index contributed by atoms with van der Waals surface area (Å²) in [7, 11) is 5.95. The number of nitrogens with one attached hydrogen (secondary N) is 2. The second kappa shape index (κ2) is 11.3. The summed E-state index contributed by atoms with van der Waals surface area (Å²) in [5.74, 6) is 0.511. The van der Waals surface area contributed by atoms with Crippen LogP contribution in [-0.2, 0) is 0 Å². The minimum Gasteiger partial charge on any atom is -0.385 e. The first-order valence-electron chi connectivity index (χ1n) is 7.76. The number of aliphatic imine (C=N–C) groups is 3. The first-order valence-corrected chi connectivity index (χ1v) is 7.76. The van der Waals surface area contributed by atoms with Gasteiger partial charge in [-0.15, -0.1) is 0 Å². The van der Waals surface area contributed by atoms with Crippen molar-refractivity contribution in [3.05, 3.63) is 0 Å². The Bertz CT molecular complexity index is 381. The fourth-order valence-electron chi connectivity index (χ4n) is 1.44. The highest BCUT2D eigenvalue weighted by molar-refractivity contribution is 5.90. The number of amidine groups is 1. The molecule has 4 N–H and O–H groups in total. The molecule has 128 valence electrons. The summed E-state index contributed by atoms with van der Waals surface area (Å²) in [4.78, 5) is 15.0. The van der Waals surface area contributed by atoms with Gasteiger partial charge >= 0.3 is 0 Å². The Hall–Kier alpha value is -1.27. The van der Waals surface area contributed by atoms with Gasteiger partial charge in [0.25, 0.3) is 0 Å². The van der Waals surface area contributed by atoms with Crippen molar-refractivity contribution in [3.8, 4) is 0 Å². The van der Waals surface area contributed by atoms with Gasteiger partial charge in [0.2, 0.25) is 0 Å². The van der Waals surface area contributed by atoms with E-state index in [1.807, 2.05) is 41.9 Å². The van der Waals surface area contributed by atoms with Gasteiger partial charge in [0.1, 0.15) is 11.4 Å². The minimum absolute atomic E-state index is 0.128. The minimum atomic E-state index is -0.574. The molecule has 0 saturated heterocycles. The molecule has 0 saturated carbocycles. The van der Waals surface area contributed by atoms with Crippen LogP contribution in [0.25, 0.3) is 0 Å². The van der Waals surface area contributed by atoms with Crippen molar-refractivity contribution in [2.45, 2.75) is 32.4 Å². The SMILES string of the molecule is CNCCNCC(C)N=C=NC(C)(C)C(N)=NCCN(C)C. The second-order valence-electron chi connectivity index (χ2n) is 6.13. The molecule has 0 spiro atoms. The number of likely N-dealkylation sites (N-methyl/N-ethyl adjacent to an activating group) is 2. The van der Waals surface area contributed by atoms with Crippen LogP contribution in [0.3, 0.4) is 0 Å². The first-order chi connectivity index (χ1) is 10.3. The molecule has 0 aromatic rings. The lowest BCUT2D eigenvalue weighted by Crippen LogP contribution is -2.37. The van der Waals surface area contributed by atoms with Crippen LogP contribution >= 0.6 is 0 Å². The van der Waals surface area contributed by atoms with Crippen LogP contribution in [0.15, 0.2) is 15.0 Å². The van der Waals surface area contributed by atoms with E-state index in [1.54, 1.807) is 0 Å². The number of hydrogen-bond acceptors (Lipinski definition) is 6. The molecular weight excluding hydrogens is 278 g/mol. The summed E-state index contributed by atoms with van der Waals surface area (Å²) in [6.07, 6.45) is 0. The van der Waals surface area contributed by atoms with E-state index in [-0.39, 0.29) is 6.04 Å². The Balaban J connectivity index is 4.38. The third kappa shape index (κ3) is 10.5. The molecule has 0 fully saturated rings. The third-order valence-corrected chi connectivity index (χ3v) is 3.06. The molecule has 0 aliphatic carbocycles. The maximum Gasteiger partial charge on any atom is 0.122 e. The monoisotopic (exact) mass is 311 g/mol. The van der Waals surface area contributed by atoms with Gasteiger partial charge in [-0.2, -0.15) is 0 Å². The van der Waals surface area contributed by atoms with Gasteiger partial charge in [-0.1, -0.05) is 0 Å². The lowest BCUT2D eigenvalue weighted by atomic mass is 10.1. The average molecular weight is 311 g/mol. The summed E-state index contributed by atoms with van der Waals surface area (Å²) in [6.45, 7) is 10.1. The molecule has 7 heteroatoms. The Kier molecular flexibility index (Phi) is 10.7. The molecule has 0 aliphatic heterocycles. The van der Waals surface area contributed by atoms with Crippen molar-refractivity contribution in [2.24, 2.45) is 20.7 Å². The third-order valence-electron chi connectivity index (χ3n) is 3.06. The maximum absolute atomic E-state index is 6.00. The molecule has 7 nitrogen and oxygen atoms in total. The largest absolute Gasteiger partial charge is 0.385 e.